The van der Waals surface area contributed by atoms with Crippen molar-refractivity contribution < 1.29 is 42.1 Å². The molecule has 0 heterocycles. The Bertz CT molecular complexity index is 59.5. The van der Waals surface area contributed by atoms with E-state index < -0.39 is 0 Å². The average molecular weight is 496 g/mol. The zero-order valence-corrected chi connectivity index (χ0v) is 13.4. The van der Waals surface area contributed by atoms with E-state index in [2.05, 4.69) is 38.3 Å². The normalized spacial score (nSPS) is 9.27. The van der Waals surface area contributed by atoms with Crippen molar-refractivity contribution in [3.8, 4) is 0 Å². The summed E-state index contributed by atoms with van der Waals surface area (Å²) in [5, 5.41) is 8.40. The quantitative estimate of drug-likeness (QED) is 0.573. The van der Waals surface area contributed by atoms with Crippen LogP contribution in [0.15, 0.2) is 0 Å². The van der Waals surface area contributed by atoms with Gasteiger partial charge >= 0.3 is 0 Å². The summed E-state index contributed by atoms with van der Waals surface area (Å²) in [7, 11) is 0. The molecule has 0 aliphatic rings. The first-order valence-corrected chi connectivity index (χ1v) is 3.46. The van der Waals surface area contributed by atoms with Gasteiger partial charge in [-0.2, -0.15) is 0 Å². The molecule has 0 unspecified atom stereocenters. The van der Waals surface area contributed by atoms with Gasteiger partial charge in [-0.05, 0) is 0 Å². The molecule has 0 bridgehead atoms. The maximum atomic E-state index is 4.20. The number of hydrogen-bond donors (Lipinski definition) is 0. The summed E-state index contributed by atoms with van der Waals surface area (Å²) in [4.78, 5) is 0. The molecule has 68 valence electrons. The fourth-order valence-electron chi connectivity index (χ4n) is 0.374. The van der Waals surface area contributed by atoms with Crippen LogP contribution in [0, 0.1) is 0 Å². The van der Waals surface area contributed by atoms with Crippen molar-refractivity contribution in [3.05, 3.63) is 10.6 Å². The van der Waals surface area contributed by atoms with E-state index in [1.807, 2.05) is 0 Å². The molecule has 0 aromatic heterocycles. The van der Waals surface area contributed by atoms with Crippen molar-refractivity contribution in [2.24, 2.45) is 0 Å². The summed E-state index contributed by atoms with van der Waals surface area (Å²) < 4.78 is 0. The molecule has 4 heteroatoms. The predicted molar refractivity (Wildman–Crippen MR) is 41.9 cm³/mol. The van der Waals surface area contributed by atoms with Crippen LogP contribution in [-0.4, -0.2) is 18.8 Å². The van der Waals surface area contributed by atoms with E-state index in [1.54, 1.807) is 0 Å². The van der Waals surface area contributed by atoms with Crippen LogP contribution in [0.25, 0.3) is 10.6 Å². The number of hydrogen-bond acceptors (Lipinski definition) is 0. The molecule has 0 saturated heterocycles. The van der Waals surface area contributed by atoms with Gasteiger partial charge in [-0.1, -0.05) is 27.7 Å². The van der Waals surface area contributed by atoms with Crippen molar-refractivity contribution in [3.63, 3.8) is 0 Å². The van der Waals surface area contributed by atoms with Crippen molar-refractivity contribution in [2.75, 3.05) is 6.67 Å². The molecule has 0 saturated carbocycles. The molecule has 2 nitrogen and oxygen atoms in total. The third-order valence-electron chi connectivity index (χ3n) is 0.894. The number of rotatable bonds is 4. The monoisotopic (exact) mass is 496 g/mol. The van der Waals surface area contributed by atoms with Gasteiger partial charge in [0.2, 0.25) is 0 Å². The first kappa shape index (κ1) is 18.2. The van der Waals surface area contributed by atoms with Gasteiger partial charge in [-0.25, -0.2) is 0 Å². The summed E-state index contributed by atoms with van der Waals surface area (Å²) >= 11 is 0. The fraction of sp³-hybridized carbons (Fsp3) is 1.00. The van der Waals surface area contributed by atoms with Gasteiger partial charge in [-0.3, -0.25) is 6.67 Å². The molecule has 0 aliphatic heterocycles. The third kappa shape index (κ3) is 18.3. The Kier molecular flexibility index (Phi) is 18.6. The smallest absolute Gasteiger partial charge is 0 e. The van der Waals surface area contributed by atoms with Crippen LogP contribution in [0.1, 0.15) is 27.7 Å². The molecular weight excluding hydrogens is 480 g/mol. The van der Waals surface area contributed by atoms with E-state index in [-0.39, 0.29) is 42.1 Å². The molecule has 0 N–H and O–H groups in total. The van der Waals surface area contributed by atoms with Gasteiger partial charge < -0.3 is 10.6 Å². The van der Waals surface area contributed by atoms with Crippen LogP contribution in [-0.2, 0) is 42.1 Å². The molecular formula is C7H16N2W2-2. The van der Waals surface area contributed by atoms with E-state index in [0.717, 1.165) is 0 Å². The van der Waals surface area contributed by atoms with E-state index in [4.69, 9.17) is 0 Å². The Balaban J connectivity index is -0.000000320. The second-order valence-electron chi connectivity index (χ2n) is 2.69. The van der Waals surface area contributed by atoms with Gasteiger partial charge in [0.25, 0.3) is 0 Å². The molecule has 0 spiro atoms. The van der Waals surface area contributed by atoms with E-state index >= 15 is 0 Å². The molecule has 0 aromatic rings. The summed E-state index contributed by atoms with van der Waals surface area (Å²) in [6.45, 7) is 8.92. The topological polar surface area (TPSA) is 28.2 Å². The van der Waals surface area contributed by atoms with E-state index in [1.165, 1.54) is 0 Å². The molecule has 0 aromatic carbocycles. The van der Waals surface area contributed by atoms with Gasteiger partial charge in [0.15, 0.2) is 0 Å². The van der Waals surface area contributed by atoms with Crippen LogP contribution >= 0.6 is 0 Å². The molecule has 0 atom stereocenters. The Hall–Kier alpha value is 1.30. The fourth-order valence-corrected chi connectivity index (χ4v) is 0.374. The summed E-state index contributed by atoms with van der Waals surface area (Å²) in [5.41, 5.74) is 0. The Morgan fingerprint density at radius 1 is 0.818 bits per heavy atom. The molecule has 0 aliphatic carbocycles. The average Bonchev–Trinajstić information content (AvgIpc) is 1.63. The van der Waals surface area contributed by atoms with Crippen LogP contribution in [0.5, 0.6) is 0 Å². The van der Waals surface area contributed by atoms with Crippen LogP contribution in [0.2, 0.25) is 0 Å². The molecule has 0 fully saturated rings. The zero-order valence-electron chi connectivity index (χ0n) is 7.57. The molecule has 0 rings (SSSR count). The molecule has 0 radical (unpaired) electrons. The maximum Gasteiger partial charge on any atom is 0 e. The Morgan fingerprint density at radius 2 is 1.09 bits per heavy atom. The minimum atomic E-state index is 0. The SMILES string of the molecule is CC(C)[N-]C[N-]C(C)C.[W].[W]. The second-order valence-corrected chi connectivity index (χ2v) is 2.69. The van der Waals surface area contributed by atoms with Crippen molar-refractivity contribution in [1.82, 2.24) is 0 Å². The van der Waals surface area contributed by atoms with Crippen LogP contribution < -0.4 is 0 Å². The minimum absolute atomic E-state index is 0. The Morgan fingerprint density at radius 3 is 1.27 bits per heavy atom. The van der Waals surface area contributed by atoms with Gasteiger partial charge in [0.05, 0.1) is 0 Å². The largest absolute Gasteiger partial charge is 0.678 e. The number of nitrogens with zero attached hydrogens (tertiary/aromatic N) is 2. The Labute approximate surface area is 98.8 Å². The third-order valence-corrected chi connectivity index (χ3v) is 0.894. The van der Waals surface area contributed by atoms with Crippen molar-refractivity contribution in [1.29, 1.82) is 0 Å². The van der Waals surface area contributed by atoms with Gasteiger partial charge in [-0.15, -0.1) is 12.1 Å². The first-order valence-electron chi connectivity index (χ1n) is 3.46. The standard InChI is InChI=1S/C7H16N2.2W/c1-6(2)8-5-9-7(3)4;;/h6-7H,5H2,1-4H3;;/q-2;;. The van der Waals surface area contributed by atoms with Crippen molar-refractivity contribution >= 4 is 0 Å². The van der Waals surface area contributed by atoms with Crippen LogP contribution in [0.3, 0.4) is 0 Å². The first-order chi connectivity index (χ1) is 4.13. The minimum Gasteiger partial charge on any atom is -0.678 e. The second kappa shape index (κ2) is 11.3. The van der Waals surface area contributed by atoms with Gasteiger partial charge in [0.1, 0.15) is 0 Å². The molecule has 0 amide bonds. The summed E-state index contributed by atoms with van der Waals surface area (Å²) in [5.74, 6) is 0. The van der Waals surface area contributed by atoms with Gasteiger partial charge in [0, 0.05) is 42.1 Å². The summed E-state index contributed by atoms with van der Waals surface area (Å²) in [6, 6.07) is 0.847. The zero-order chi connectivity index (χ0) is 7.28. The van der Waals surface area contributed by atoms with Crippen LogP contribution in [0.4, 0.5) is 0 Å². The molecule has 11 heavy (non-hydrogen) atoms. The van der Waals surface area contributed by atoms with E-state index in [9.17, 15) is 0 Å². The summed E-state index contributed by atoms with van der Waals surface area (Å²) in [6.07, 6.45) is 0. The van der Waals surface area contributed by atoms with Crippen molar-refractivity contribution in [2.45, 2.75) is 39.8 Å². The van der Waals surface area contributed by atoms with E-state index in [0.29, 0.717) is 18.8 Å². The maximum absolute atomic E-state index is 4.20. The predicted octanol–water partition coefficient (Wildman–Crippen LogP) is 2.50.